The summed E-state index contributed by atoms with van der Waals surface area (Å²) in [5, 5.41) is 17.1. The summed E-state index contributed by atoms with van der Waals surface area (Å²) >= 11 is 1.50. The van der Waals surface area contributed by atoms with Gasteiger partial charge in [-0.25, -0.2) is 14.7 Å². The molecular formula is C11H10N4O4S. The monoisotopic (exact) mass is 294 g/mol. The average Bonchev–Trinajstić information content (AvgIpc) is 2.85. The van der Waals surface area contributed by atoms with Gasteiger partial charge < -0.3 is 10.0 Å². The van der Waals surface area contributed by atoms with Crippen LogP contribution in [0.1, 0.15) is 16.5 Å². The molecule has 3 heterocycles. The number of H-pyrrole nitrogens is 2. The van der Waals surface area contributed by atoms with Crippen LogP contribution in [0.15, 0.2) is 21.0 Å². The summed E-state index contributed by atoms with van der Waals surface area (Å²) in [5.74, 6) is -1.15. The van der Waals surface area contributed by atoms with Gasteiger partial charge in [0.2, 0.25) is 5.82 Å². The van der Waals surface area contributed by atoms with Crippen molar-refractivity contribution in [3.05, 3.63) is 42.7 Å². The van der Waals surface area contributed by atoms with E-state index in [2.05, 4.69) is 15.2 Å². The third-order valence-corrected chi connectivity index (χ3v) is 4.16. The van der Waals surface area contributed by atoms with E-state index in [9.17, 15) is 19.5 Å². The molecule has 0 radical (unpaired) electrons. The Hall–Kier alpha value is -2.42. The lowest BCUT2D eigenvalue weighted by Crippen LogP contribution is -2.43. The SMILES string of the molecule is O=C(O)C1c2ccsc2CCN1c1n[nH]c(=O)[nH]c1=O. The maximum Gasteiger partial charge on any atom is 0.342 e. The van der Waals surface area contributed by atoms with E-state index in [1.807, 2.05) is 5.38 Å². The normalized spacial score (nSPS) is 17.8. The van der Waals surface area contributed by atoms with Crippen molar-refractivity contribution in [2.24, 2.45) is 0 Å². The molecule has 0 aliphatic carbocycles. The van der Waals surface area contributed by atoms with Crippen molar-refractivity contribution in [3.8, 4) is 0 Å². The Labute approximate surface area is 115 Å². The van der Waals surface area contributed by atoms with Crippen LogP contribution in [0.3, 0.4) is 0 Å². The van der Waals surface area contributed by atoms with Crippen LogP contribution in [0.4, 0.5) is 5.82 Å². The number of rotatable bonds is 2. The van der Waals surface area contributed by atoms with Gasteiger partial charge in [-0.2, -0.15) is 0 Å². The quantitative estimate of drug-likeness (QED) is 0.700. The molecule has 2 aromatic rings. The summed E-state index contributed by atoms with van der Waals surface area (Å²) in [6.45, 7) is 0.354. The third-order valence-electron chi connectivity index (χ3n) is 3.17. The number of aliphatic carboxylic acids is 1. The van der Waals surface area contributed by atoms with E-state index < -0.39 is 23.3 Å². The number of anilines is 1. The van der Waals surface area contributed by atoms with Gasteiger partial charge in [0.1, 0.15) is 0 Å². The first-order valence-electron chi connectivity index (χ1n) is 5.82. The maximum atomic E-state index is 11.8. The Morgan fingerprint density at radius 2 is 2.30 bits per heavy atom. The lowest BCUT2D eigenvalue weighted by Gasteiger charge is -2.32. The third kappa shape index (κ3) is 1.92. The number of hydrogen-bond donors (Lipinski definition) is 3. The molecule has 2 aromatic heterocycles. The number of thiophene rings is 1. The smallest absolute Gasteiger partial charge is 0.342 e. The number of aromatic amines is 2. The number of aromatic nitrogens is 3. The van der Waals surface area contributed by atoms with E-state index in [1.165, 1.54) is 16.2 Å². The number of fused-ring (bicyclic) bond motifs is 1. The first kappa shape index (κ1) is 12.6. The molecule has 0 aromatic carbocycles. The Morgan fingerprint density at radius 3 is 3.00 bits per heavy atom. The minimum absolute atomic E-state index is 0.0890. The van der Waals surface area contributed by atoms with Crippen molar-refractivity contribution in [2.75, 3.05) is 11.4 Å². The fourth-order valence-corrected chi connectivity index (χ4v) is 3.25. The summed E-state index contributed by atoms with van der Waals surface area (Å²) < 4.78 is 0. The molecule has 0 saturated heterocycles. The Balaban J connectivity index is 2.12. The van der Waals surface area contributed by atoms with E-state index in [4.69, 9.17) is 0 Å². The molecule has 1 atom stereocenters. The molecule has 0 bridgehead atoms. The fourth-order valence-electron chi connectivity index (χ4n) is 2.35. The van der Waals surface area contributed by atoms with Crippen molar-refractivity contribution in [1.29, 1.82) is 0 Å². The van der Waals surface area contributed by atoms with E-state index in [0.717, 1.165) is 4.88 Å². The van der Waals surface area contributed by atoms with E-state index in [0.29, 0.717) is 18.5 Å². The molecule has 1 aliphatic rings. The van der Waals surface area contributed by atoms with Gasteiger partial charge in [-0.1, -0.05) is 0 Å². The highest BCUT2D eigenvalue weighted by Gasteiger charge is 2.35. The predicted molar refractivity (Wildman–Crippen MR) is 71.2 cm³/mol. The van der Waals surface area contributed by atoms with Crippen LogP contribution in [0.2, 0.25) is 0 Å². The molecule has 3 N–H and O–H groups in total. The summed E-state index contributed by atoms with van der Waals surface area (Å²) in [4.78, 5) is 38.7. The van der Waals surface area contributed by atoms with Crippen LogP contribution in [-0.4, -0.2) is 32.8 Å². The molecule has 1 unspecified atom stereocenters. The van der Waals surface area contributed by atoms with Gasteiger partial charge in [0.25, 0.3) is 5.56 Å². The zero-order valence-electron chi connectivity index (χ0n) is 10.1. The van der Waals surface area contributed by atoms with Gasteiger partial charge in [-0.05, 0) is 23.4 Å². The fraction of sp³-hybridized carbons (Fsp3) is 0.273. The van der Waals surface area contributed by atoms with Crippen LogP contribution in [0.5, 0.6) is 0 Å². The van der Waals surface area contributed by atoms with Crippen LogP contribution in [-0.2, 0) is 11.2 Å². The average molecular weight is 294 g/mol. The number of nitrogens with zero attached hydrogens (tertiary/aromatic N) is 2. The standard InChI is InChI=1S/C11H10N4O4S/c16-9-8(13-14-11(19)12-9)15-3-1-6-5(2-4-20-6)7(15)10(17)18/h2,4,7H,1,3H2,(H,17,18)(H2,12,14,16,19). The molecule has 3 rings (SSSR count). The first-order chi connectivity index (χ1) is 9.58. The van der Waals surface area contributed by atoms with E-state index >= 15 is 0 Å². The van der Waals surface area contributed by atoms with Crippen molar-refractivity contribution < 1.29 is 9.90 Å². The van der Waals surface area contributed by atoms with Crippen molar-refractivity contribution in [3.63, 3.8) is 0 Å². The zero-order chi connectivity index (χ0) is 14.3. The van der Waals surface area contributed by atoms with Gasteiger partial charge >= 0.3 is 11.7 Å². The Morgan fingerprint density at radius 1 is 1.50 bits per heavy atom. The molecule has 0 spiro atoms. The van der Waals surface area contributed by atoms with Crippen molar-refractivity contribution in [1.82, 2.24) is 15.2 Å². The molecule has 0 saturated carbocycles. The number of nitrogens with one attached hydrogen (secondary N) is 2. The number of carboxylic acids is 1. The van der Waals surface area contributed by atoms with Crippen LogP contribution < -0.4 is 16.1 Å². The number of hydrogen-bond acceptors (Lipinski definition) is 6. The van der Waals surface area contributed by atoms with Gasteiger partial charge in [0.15, 0.2) is 6.04 Å². The van der Waals surface area contributed by atoms with Crippen LogP contribution >= 0.6 is 11.3 Å². The van der Waals surface area contributed by atoms with Crippen molar-refractivity contribution >= 4 is 23.1 Å². The van der Waals surface area contributed by atoms with Gasteiger partial charge in [-0.3, -0.25) is 9.78 Å². The van der Waals surface area contributed by atoms with Crippen LogP contribution in [0, 0.1) is 0 Å². The summed E-state index contributed by atoms with van der Waals surface area (Å²) in [5.41, 5.74) is -0.751. The zero-order valence-corrected chi connectivity index (χ0v) is 10.9. The molecule has 1 aliphatic heterocycles. The van der Waals surface area contributed by atoms with E-state index in [-0.39, 0.29) is 5.82 Å². The molecule has 0 fully saturated rings. The van der Waals surface area contributed by atoms with Crippen molar-refractivity contribution in [2.45, 2.75) is 12.5 Å². The molecule has 0 amide bonds. The highest BCUT2D eigenvalue weighted by Crippen LogP contribution is 2.34. The Kier molecular flexibility index (Phi) is 2.90. The minimum Gasteiger partial charge on any atom is -0.479 e. The summed E-state index contributed by atoms with van der Waals surface area (Å²) in [6.07, 6.45) is 0.636. The molecule has 8 nitrogen and oxygen atoms in total. The highest BCUT2D eigenvalue weighted by atomic mass is 32.1. The molecular weight excluding hydrogens is 284 g/mol. The first-order valence-corrected chi connectivity index (χ1v) is 6.70. The predicted octanol–water partition coefficient (Wildman–Crippen LogP) is -0.292. The Bertz CT molecular complexity index is 777. The van der Waals surface area contributed by atoms with Gasteiger partial charge in [-0.15, -0.1) is 16.4 Å². The second-order valence-electron chi connectivity index (χ2n) is 4.31. The molecule has 20 heavy (non-hydrogen) atoms. The summed E-state index contributed by atoms with van der Waals surface area (Å²) in [6, 6.07) is 0.773. The molecule has 104 valence electrons. The lowest BCUT2D eigenvalue weighted by atomic mass is 10.0. The number of carboxylic acid groups (broad SMARTS) is 1. The second-order valence-corrected chi connectivity index (χ2v) is 5.31. The lowest BCUT2D eigenvalue weighted by molar-refractivity contribution is -0.138. The largest absolute Gasteiger partial charge is 0.479 e. The topological polar surface area (TPSA) is 119 Å². The van der Waals surface area contributed by atoms with E-state index in [1.54, 1.807) is 6.07 Å². The van der Waals surface area contributed by atoms with Crippen LogP contribution in [0.25, 0.3) is 0 Å². The summed E-state index contributed by atoms with van der Waals surface area (Å²) in [7, 11) is 0. The molecule has 9 heteroatoms. The maximum absolute atomic E-state index is 11.8. The number of carbonyl (C=O) groups is 1. The van der Waals surface area contributed by atoms with Gasteiger partial charge in [0.05, 0.1) is 0 Å². The second kappa shape index (κ2) is 4.60. The minimum atomic E-state index is -1.06. The highest BCUT2D eigenvalue weighted by molar-refractivity contribution is 7.10. The van der Waals surface area contributed by atoms with Gasteiger partial charge in [0, 0.05) is 11.4 Å².